The number of fused-ring (bicyclic) bond motifs is 4. The van der Waals surface area contributed by atoms with Crippen LogP contribution in [0.15, 0.2) is 170 Å². The monoisotopic (exact) mass is 1100 g/mol. The fraction of sp³-hybridized carbons (Fsp3) is 0.250. The van der Waals surface area contributed by atoms with Crippen molar-refractivity contribution >= 4 is 35.3 Å². The Kier molecular flexibility index (Phi) is 14.6. The summed E-state index contributed by atoms with van der Waals surface area (Å²) in [6.45, 7) is 1.27. The smallest absolute Gasteiger partial charge is 0.421 e. The molecule has 0 bridgehead atoms. The van der Waals surface area contributed by atoms with E-state index in [0.29, 0.717) is 70.4 Å². The molecule has 1 spiro atoms. The van der Waals surface area contributed by atoms with Crippen molar-refractivity contribution in [2.45, 2.75) is 42.8 Å². The molecule has 5 aliphatic rings. The zero-order chi connectivity index (χ0) is 56.5. The zero-order valence-corrected chi connectivity index (χ0v) is 44.5. The van der Waals surface area contributed by atoms with E-state index in [9.17, 15) is 15.2 Å². The van der Waals surface area contributed by atoms with Crippen molar-refractivity contribution < 1.29 is 57.6 Å². The van der Waals surface area contributed by atoms with Gasteiger partial charge in [0.1, 0.15) is 42.3 Å². The molecular formula is C64H55N5O13. The maximum atomic E-state index is 17.0. The third-order valence-corrected chi connectivity index (χ3v) is 15.9. The molecule has 414 valence electrons. The minimum atomic E-state index is -2.14. The van der Waals surface area contributed by atoms with E-state index in [1.54, 1.807) is 60.5 Å². The van der Waals surface area contributed by atoms with Gasteiger partial charge in [0, 0.05) is 56.0 Å². The number of imide groups is 1. The van der Waals surface area contributed by atoms with Crippen LogP contribution in [0.25, 0.3) is 0 Å². The molecule has 18 heteroatoms. The van der Waals surface area contributed by atoms with Gasteiger partial charge < -0.3 is 38.4 Å². The Morgan fingerprint density at radius 1 is 0.720 bits per heavy atom. The summed E-state index contributed by atoms with van der Waals surface area (Å²) in [6, 6.07) is 45.8. The molecule has 1 N–H and O–H groups in total. The first-order valence-electron chi connectivity index (χ1n) is 26.9. The average molecular weight is 1100 g/mol. The van der Waals surface area contributed by atoms with Crippen LogP contribution in [0.1, 0.15) is 62.7 Å². The number of rotatable bonds is 13. The van der Waals surface area contributed by atoms with Crippen LogP contribution in [0, 0.1) is 27.9 Å². The normalized spacial score (nSPS) is 21.7. The maximum absolute atomic E-state index is 17.0. The molecule has 0 aromatic heterocycles. The third kappa shape index (κ3) is 9.78. The molecule has 5 heterocycles. The quantitative estimate of drug-likeness (QED) is 0.0499. The molecule has 0 radical (unpaired) electrons. The van der Waals surface area contributed by atoms with E-state index in [-0.39, 0.29) is 56.6 Å². The Balaban J connectivity index is 1.06. The highest BCUT2D eigenvalue weighted by atomic mass is 16.7. The van der Waals surface area contributed by atoms with Crippen molar-refractivity contribution in [2.75, 3.05) is 58.2 Å². The van der Waals surface area contributed by atoms with Crippen LogP contribution in [0.2, 0.25) is 0 Å². The van der Waals surface area contributed by atoms with E-state index in [2.05, 4.69) is 16.7 Å². The molecule has 12 rings (SSSR count). The zero-order valence-electron chi connectivity index (χ0n) is 44.5. The highest BCUT2D eigenvalue weighted by molar-refractivity contribution is 6.23. The largest absolute Gasteiger partial charge is 0.497 e. The van der Waals surface area contributed by atoms with E-state index in [1.165, 1.54) is 24.3 Å². The summed E-state index contributed by atoms with van der Waals surface area (Å²) in [4.78, 5) is 82.4. The number of ether oxygens (including phenoxy) is 6. The van der Waals surface area contributed by atoms with Gasteiger partial charge >= 0.3 is 12.1 Å². The van der Waals surface area contributed by atoms with Gasteiger partial charge in [-0.2, -0.15) is 0 Å². The Bertz CT molecular complexity index is 3640. The molecule has 7 aromatic carbocycles. The number of aliphatic hydroxyl groups is 1. The molecule has 3 amide bonds. The maximum Gasteiger partial charge on any atom is 0.421 e. The van der Waals surface area contributed by atoms with Gasteiger partial charge in [0.2, 0.25) is 18.6 Å². The second-order valence-corrected chi connectivity index (χ2v) is 20.5. The number of nitrogens with zero attached hydrogens (tertiary/aromatic N) is 5. The first kappa shape index (κ1) is 53.1. The molecule has 7 aromatic rings. The summed E-state index contributed by atoms with van der Waals surface area (Å²) in [5.74, 6) is 5.13. The molecule has 0 saturated carbocycles. The number of morpholine rings is 1. The van der Waals surface area contributed by atoms with Gasteiger partial charge in [0.15, 0.2) is 11.5 Å². The SMILES string of the molecule is COc1ccc(C#Cc2ccc3c(c2)C2(C(=O)N3C(=O)OCc3ccc([N+](=O)[O-])cc3)C(C(=O)N3CCN(Cc4ccc5c(c4)OCO5)CC3)C3C(=O)OC(c4ccccc4)C(c4ccccc4)N3C2c2cccc(OCCO)c2)cc1. The molecule has 3 fully saturated rings. The number of carbonyl (C=O) groups excluding carboxylic acids is 4. The van der Waals surface area contributed by atoms with Gasteiger partial charge in [0.25, 0.3) is 5.69 Å². The van der Waals surface area contributed by atoms with Gasteiger partial charge in [-0.3, -0.25) is 34.3 Å². The number of aliphatic hydroxyl groups excluding tert-OH is 1. The lowest BCUT2D eigenvalue weighted by Crippen LogP contribution is -2.59. The summed E-state index contributed by atoms with van der Waals surface area (Å²) in [7, 11) is 1.57. The van der Waals surface area contributed by atoms with Crippen LogP contribution in [0.4, 0.5) is 16.2 Å². The number of anilines is 1. The molecule has 82 heavy (non-hydrogen) atoms. The second-order valence-electron chi connectivity index (χ2n) is 20.5. The van der Waals surface area contributed by atoms with Crippen LogP contribution in [-0.2, 0) is 42.4 Å². The van der Waals surface area contributed by atoms with Crippen LogP contribution in [0.3, 0.4) is 0 Å². The van der Waals surface area contributed by atoms with Gasteiger partial charge in [-0.1, -0.05) is 90.7 Å². The highest BCUT2D eigenvalue weighted by Gasteiger charge is 2.76. The number of hydrogen-bond acceptors (Lipinski definition) is 15. The fourth-order valence-corrected chi connectivity index (χ4v) is 12.2. The average Bonchev–Trinajstić information content (AvgIpc) is 3.13. The number of benzene rings is 7. The van der Waals surface area contributed by atoms with Gasteiger partial charge in [-0.15, -0.1) is 0 Å². The van der Waals surface area contributed by atoms with Crippen LogP contribution in [0.5, 0.6) is 23.0 Å². The van der Waals surface area contributed by atoms with Crippen molar-refractivity contribution in [3.63, 3.8) is 0 Å². The van der Waals surface area contributed by atoms with Crippen LogP contribution < -0.4 is 23.8 Å². The molecule has 0 aliphatic carbocycles. The Labute approximate surface area is 472 Å². The lowest BCUT2D eigenvalue weighted by atomic mass is 9.64. The van der Waals surface area contributed by atoms with Gasteiger partial charge in [0.05, 0.1) is 42.3 Å². The van der Waals surface area contributed by atoms with Gasteiger partial charge in [-0.25, -0.2) is 9.69 Å². The number of cyclic esters (lactones) is 1. The van der Waals surface area contributed by atoms with Crippen molar-refractivity contribution in [2.24, 2.45) is 5.92 Å². The van der Waals surface area contributed by atoms with E-state index >= 15 is 19.2 Å². The predicted molar refractivity (Wildman–Crippen MR) is 298 cm³/mol. The molecule has 18 nitrogen and oxygen atoms in total. The second kappa shape index (κ2) is 22.5. The minimum Gasteiger partial charge on any atom is -0.497 e. The number of esters is 1. The van der Waals surface area contributed by atoms with E-state index in [1.807, 2.05) is 102 Å². The van der Waals surface area contributed by atoms with E-state index in [4.69, 9.17) is 28.4 Å². The summed E-state index contributed by atoms with van der Waals surface area (Å²) < 4.78 is 35.4. The van der Waals surface area contributed by atoms with Crippen LogP contribution >= 0.6 is 0 Å². The van der Waals surface area contributed by atoms with E-state index < -0.39 is 64.4 Å². The summed E-state index contributed by atoms with van der Waals surface area (Å²) in [6.07, 6.45) is -2.07. The number of non-ortho nitro benzene ring substituents is 1. The first-order valence-corrected chi connectivity index (χ1v) is 26.9. The van der Waals surface area contributed by atoms with Crippen molar-refractivity contribution in [1.82, 2.24) is 14.7 Å². The number of hydrogen-bond donors (Lipinski definition) is 1. The number of methoxy groups -OCH3 is 1. The Hall–Kier alpha value is -9.54. The number of piperazine rings is 1. The molecule has 5 aliphatic heterocycles. The van der Waals surface area contributed by atoms with Crippen LogP contribution in [-0.4, -0.2) is 108 Å². The summed E-state index contributed by atoms with van der Waals surface area (Å²) in [5, 5.41) is 21.5. The van der Waals surface area contributed by atoms with Crippen molar-refractivity contribution in [3.8, 4) is 34.8 Å². The third-order valence-electron chi connectivity index (χ3n) is 15.9. The van der Waals surface area contributed by atoms with Crippen molar-refractivity contribution in [1.29, 1.82) is 0 Å². The van der Waals surface area contributed by atoms with Crippen molar-refractivity contribution in [3.05, 3.63) is 224 Å². The summed E-state index contributed by atoms with van der Waals surface area (Å²) in [5.41, 5.74) is 2.36. The standard InChI is InChI=1S/C64H55N5O13/c1-77-49-25-19-41(20-26-49)15-16-42-21-27-52-51(35-42)64(62(73)67(52)63(74)79-39-43-17-23-48(24-18-43)69(75)76)55(60(71)66-31-29-65(30-32-66)38-44-22-28-53-54(36-44)81-40-80-53)57-61(72)82-58(46-11-6-3-7-12-46)56(45-9-4-2-5-10-45)68(57)59(64)47-13-8-14-50(37-47)78-34-33-70/h2-14,17-28,35-37,55-59,70H,29-34,38-40H2,1H3. The number of amides is 3. The topological polar surface area (TPSA) is 200 Å². The molecule has 3 saturated heterocycles. The predicted octanol–water partition coefficient (Wildman–Crippen LogP) is 8.45. The number of nitro groups is 1. The molecular weight excluding hydrogens is 1050 g/mol. The minimum absolute atomic E-state index is 0.0607. The number of nitro benzene ring substituents is 1. The van der Waals surface area contributed by atoms with Gasteiger partial charge in [-0.05, 0) is 112 Å². The first-order chi connectivity index (χ1) is 40.0. The highest BCUT2D eigenvalue weighted by Crippen LogP contribution is 2.66. The molecule has 6 unspecified atom stereocenters. The van der Waals surface area contributed by atoms with E-state index in [0.717, 1.165) is 16.0 Å². The fourth-order valence-electron chi connectivity index (χ4n) is 12.2. The number of carbonyl (C=O) groups is 4. The Morgan fingerprint density at radius 3 is 2.12 bits per heavy atom. The molecule has 6 atom stereocenters. The lowest BCUT2D eigenvalue weighted by molar-refractivity contribution is -0.384. The lowest BCUT2D eigenvalue weighted by Gasteiger charge is -2.46. The summed E-state index contributed by atoms with van der Waals surface area (Å²) >= 11 is 0. The Morgan fingerprint density at radius 2 is 1.40 bits per heavy atom.